The summed E-state index contributed by atoms with van der Waals surface area (Å²) < 4.78 is 16.5. The molecule has 0 saturated heterocycles. The highest BCUT2D eigenvalue weighted by Gasteiger charge is 2.48. The number of carbonyl (C=O) groups is 2. The first kappa shape index (κ1) is 29.9. The fourth-order valence-corrected chi connectivity index (χ4v) is 6.03. The first-order valence-corrected chi connectivity index (χ1v) is 14.0. The number of likely N-dealkylation sites (N-methyl/N-ethyl adjacent to an activating group) is 1. The van der Waals surface area contributed by atoms with Gasteiger partial charge in [0.1, 0.15) is 0 Å². The van der Waals surface area contributed by atoms with Crippen molar-refractivity contribution in [3.8, 4) is 17.2 Å². The highest BCUT2D eigenvalue weighted by molar-refractivity contribution is 6.24. The van der Waals surface area contributed by atoms with Crippen molar-refractivity contribution in [1.82, 2.24) is 15.2 Å². The Bertz CT molecular complexity index is 1770. The van der Waals surface area contributed by atoms with Gasteiger partial charge in [0.2, 0.25) is 5.75 Å². The van der Waals surface area contributed by atoms with Crippen LogP contribution in [0.5, 0.6) is 17.2 Å². The second-order valence-electron chi connectivity index (χ2n) is 10.6. The van der Waals surface area contributed by atoms with E-state index in [1.807, 2.05) is 19.0 Å². The van der Waals surface area contributed by atoms with Gasteiger partial charge in [0.15, 0.2) is 17.3 Å². The molecule has 3 N–H and O–H groups in total. The number of aromatic nitrogens is 1. The molecule has 43 heavy (non-hydrogen) atoms. The fourth-order valence-electron chi connectivity index (χ4n) is 5.68. The van der Waals surface area contributed by atoms with E-state index >= 15 is 0 Å². The van der Waals surface area contributed by atoms with E-state index in [4.69, 9.17) is 25.8 Å². The molecule has 1 aromatic heterocycles. The third kappa shape index (κ3) is 4.96. The Morgan fingerprint density at radius 2 is 1.81 bits per heavy atom. The maximum atomic E-state index is 14.4. The summed E-state index contributed by atoms with van der Waals surface area (Å²) in [5, 5.41) is 19.5. The molecule has 12 nitrogen and oxygen atoms in total. The van der Waals surface area contributed by atoms with E-state index in [1.165, 1.54) is 33.5 Å². The van der Waals surface area contributed by atoms with Gasteiger partial charge in [-0.05, 0) is 43.7 Å². The normalized spacial score (nSPS) is 15.8. The minimum Gasteiger partial charge on any atom is -0.493 e. The van der Waals surface area contributed by atoms with Crippen molar-refractivity contribution < 1.29 is 28.7 Å². The van der Waals surface area contributed by atoms with Crippen molar-refractivity contribution >= 4 is 56.3 Å². The largest absolute Gasteiger partial charge is 0.493 e. The quantitative estimate of drug-likeness (QED) is 0.0977. The molecule has 0 radical (unpaired) electrons. The third-order valence-electron chi connectivity index (χ3n) is 7.81. The Hall–Kier alpha value is -4.55. The SMILES string of the molecule is COc1cc2cc(C(=O)C3(CCl)CNc4cc([N+](=O)[O-])c5cc(C(=O)NCCN(C)C)ccc5c43)[nH]c2c(OC)c1OC. The molecule has 0 spiro atoms. The molecule has 5 rings (SSSR count). The van der Waals surface area contributed by atoms with Crippen LogP contribution in [0.3, 0.4) is 0 Å². The number of fused-ring (bicyclic) bond motifs is 4. The number of nitro benzene ring substituents is 1. The number of nitro groups is 1. The lowest BCUT2D eigenvalue weighted by molar-refractivity contribution is -0.383. The molecule has 0 saturated carbocycles. The van der Waals surface area contributed by atoms with Crippen molar-refractivity contribution in [1.29, 1.82) is 0 Å². The Morgan fingerprint density at radius 3 is 2.44 bits per heavy atom. The molecule has 0 bridgehead atoms. The average Bonchev–Trinajstić information content (AvgIpc) is 3.60. The molecular formula is C30H32ClN5O7. The number of ether oxygens (including phenoxy) is 3. The second-order valence-corrected chi connectivity index (χ2v) is 10.9. The molecule has 1 aliphatic heterocycles. The number of anilines is 1. The van der Waals surface area contributed by atoms with Gasteiger partial charge < -0.3 is 34.7 Å². The number of methoxy groups -OCH3 is 3. The number of nitrogens with zero attached hydrogens (tertiary/aromatic N) is 2. The van der Waals surface area contributed by atoms with Crippen molar-refractivity contribution in [2.24, 2.45) is 0 Å². The number of carbonyl (C=O) groups excluding carboxylic acids is 2. The van der Waals surface area contributed by atoms with Crippen molar-refractivity contribution in [3.05, 3.63) is 63.3 Å². The van der Waals surface area contributed by atoms with Crippen LogP contribution in [0.25, 0.3) is 21.7 Å². The van der Waals surface area contributed by atoms with Crippen molar-refractivity contribution in [3.63, 3.8) is 0 Å². The van der Waals surface area contributed by atoms with Crippen LogP contribution in [0.4, 0.5) is 11.4 Å². The van der Waals surface area contributed by atoms with Crippen molar-refractivity contribution in [2.45, 2.75) is 5.41 Å². The molecule has 0 aliphatic carbocycles. The lowest BCUT2D eigenvalue weighted by Gasteiger charge is -2.26. The van der Waals surface area contributed by atoms with E-state index in [1.54, 1.807) is 24.3 Å². The Kier molecular flexibility index (Phi) is 8.08. The van der Waals surface area contributed by atoms with Gasteiger partial charge in [-0.3, -0.25) is 19.7 Å². The number of hydrogen-bond donors (Lipinski definition) is 3. The van der Waals surface area contributed by atoms with Crippen LogP contribution in [0.1, 0.15) is 26.4 Å². The average molecular weight is 610 g/mol. The summed E-state index contributed by atoms with van der Waals surface area (Å²) in [6.45, 7) is 1.17. The van der Waals surface area contributed by atoms with Gasteiger partial charge in [-0.2, -0.15) is 0 Å². The Labute approximate surface area is 252 Å². The van der Waals surface area contributed by atoms with Crippen LogP contribution in [-0.4, -0.2) is 87.4 Å². The van der Waals surface area contributed by atoms with E-state index in [9.17, 15) is 19.7 Å². The molecule has 3 aromatic carbocycles. The molecule has 1 atom stereocenters. The monoisotopic (exact) mass is 609 g/mol. The number of benzene rings is 3. The van der Waals surface area contributed by atoms with Crippen LogP contribution >= 0.6 is 11.6 Å². The number of Topliss-reactive ketones (excluding diaryl/α,β-unsaturated/α-hetero) is 1. The molecule has 4 aromatic rings. The molecule has 226 valence electrons. The number of ketones is 1. The number of hydrogen-bond acceptors (Lipinski definition) is 9. The Balaban J connectivity index is 1.64. The van der Waals surface area contributed by atoms with Gasteiger partial charge in [0, 0.05) is 53.8 Å². The number of alkyl halides is 1. The number of aromatic amines is 1. The van der Waals surface area contributed by atoms with Gasteiger partial charge in [-0.1, -0.05) is 6.07 Å². The molecule has 13 heteroatoms. The lowest BCUT2D eigenvalue weighted by atomic mass is 9.76. The summed E-state index contributed by atoms with van der Waals surface area (Å²) in [6.07, 6.45) is 0. The zero-order valence-electron chi connectivity index (χ0n) is 24.4. The minimum atomic E-state index is -1.28. The molecular weight excluding hydrogens is 578 g/mol. The van der Waals surface area contributed by atoms with Crippen molar-refractivity contribution in [2.75, 3.05) is 66.3 Å². The van der Waals surface area contributed by atoms with Gasteiger partial charge in [-0.15, -0.1) is 11.6 Å². The highest BCUT2D eigenvalue weighted by atomic mass is 35.5. The number of nitrogens with one attached hydrogen (secondary N) is 3. The molecule has 1 amide bonds. The maximum Gasteiger partial charge on any atom is 0.279 e. The summed E-state index contributed by atoms with van der Waals surface area (Å²) in [5.41, 5.74) is 0.592. The zero-order valence-corrected chi connectivity index (χ0v) is 25.2. The predicted molar refractivity (Wildman–Crippen MR) is 165 cm³/mol. The maximum absolute atomic E-state index is 14.4. The number of amides is 1. The standard InChI is InChI=1S/C30H32ClN5O7/c1-35(2)9-8-32-29(38)16-6-7-18-19(10-16)22(36(39)40)13-20-24(18)30(14-31,15-33-20)28(37)21-11-17-12-23(41-3)26(42-4)27(43-5)25(17)34-21/h6-7,10-13,33-34H,8-9,14-15H2,1-5H3,(H,32,38). The van der Waals surface area contributed by atoms with Gasteiger partial charge in [-0.25, -0.2) is 0 Å². The summed E-state index contributed by atoms with van der Waals surface area (Å²) >= 11 is 6.62. The first-order valence-electron chi connectivity index (χ1n) is 13.4. The molecule has 1 unspecified atom stereocenters. The lowest BCUT2D eigenvalue weighted by Crippen LogP contribution is -2.40. The highest BCUT2D eigenvalue weighted by Crippen LogP contribution is 2.48. The summed E-state index contributed by atoms with van der Waals surface area (Å²) in [7, 11) is 8.28. The van der Waals surface area contributed by atoms with Crippen LogP contribution < -0.4 is 24.8 Å². The van der Waals surface area contributed by atoms with E-state index in [0.29, 0.717) is 57.9 Å². The van der Waals surface area contributed by atoms with Gasteiger partial charge in [0.05, 0.1) is 48.3 Å². The molecule has 1 aliphatic rings. The number of rotatable bonds is 11. The third-order valence-corrected chi connectivity index (χ3v) is 8.26. The smallest absolute Gasteiger partial charge is 0.279 e. The molecule has 0 fully saturated rings. The van der Waals surface area contributed by atoms with E-state index in [2.05, 4.69) is 15.6 Å². The predicted octanol–water partition coefficient (Wildman–Crippen LogP) is 4.33. The Morgan fingerprint density at radius 1 is 1.07 bits per heavy atom. The molecule has 2 heterocycles. The van der Waals surface area contributed by atoms with Crippen LogP contribution in [0.2, 0.25) is 0 Å². The summed E-state index contributed by atoms with van der Waals surface area (Å²) in [6, 6.07) is 9.57. The van der Waals surface area contributed by atoms with Gasteiger partial charge in [0.25, 0.3) is 11.6 Å². The number of non-ortho nitro benzene ring substituents is 1. The van der Waals surface area contributed by atoms with E-state index in [0.717, 1.165) is 0 Å². The number of H-pyrrole nitrogens is 1. The first-order chi connectivity index (χ1) is 20.6. The van der Waals surface area contributed by atoms with Crippen LogP contribution in [-0.2, 0) is 5.41 Å². The summed E-state index contributed by atoms with van der Waals surface area (Å²) in [5.74, 6) is 0.408. The van der Waals surface area contributed by atoms with Gasteiger partial charge >= 0.3 is 0 Å². The van der Waals surface area contributed by atoms with Crippen LogP contribution in [0, 0.1) is 10.1 Å². The minimum absolute atomic E-state index is 0.106. The van der Waals surface area contributed by atoms with Crippen LogP contribution in [0.15, 0.2) is 36.4 Å². The summed E-state index contributed by atoms with van der Waals surface area (Å²) in [4.78, 5) is 44.0. The van der Waals surface area contributed by atoms with E-state index in [-0.39, 0.29) is 46.4 Å². The number of halogens is 1. The van der Waals surface area contributed by atoms with E-state index < -0.39 is 10.3 Å². The fraction of sp³-hybridized carbons (Fsp3) is 0.333. The topological polar surface area (TPSA) is 148 Å². The zero-order chi connectivity index (χ0) is 31.1. The second kappa shape index (κ2) is 11.6.